The van der Waals surface area contributed by atoms with Crippen molar-refractivity contribution in [2.75, 3.05) is 13.1 Å². The molecule has 11 heteroatoms. The number of rotatable bonds is 8. The van der Waals surface area contributed by atoms with E-state index >= 15 is 0 Å². The Kier molecular flexibility index (Phi) is 7.24. The SMILES string of the molecule is CC(C)(S)[C@@H](N)C(=O)N1CC(Oc2ccc(CCB(O)O)c(O)c2C(O)O)C1. The molecule has 2 rings (SSSR count). The van der Waals surface area contributed by atoms with Crippen molar-refractivity contribution >= 4 is 25.7 Å². The van der Waals surface area contributed by atoms with Crippen molar-refractivity contribution in [1.29, 1.82) is 0 Å². The number of aryl methyl sites for hydroxylation is 1. The summed E-state index contributed by atoms with van der Waals surface area (Å²) in [5, 5.41) is 47.5. The van der Waals surface area contributed by atoms with E-state index in [1.165, 1.54) is 17.0 Å². The maximum Gasteiger partial charge on any atom is 0.451 e. The molecule has 0 spiro atoms. The number of aliphatic hydroxyl groups excluding tert-OH is 1. The summed E-state index contributed by atoms with van der Waals surface area (Å²) in [6.07, 6.45) is -2.26. The smallest absolute Gasteiger partial charge is 0.451 e. The second kappa shape index (κ2) is 8.89. The molecule has 28 heavy (non-hydrogen) atoms. The van der Waals surface area contributed by atoms with E-state index in [1.807, 2.05) is 0 Å². The largest absolute Gasteiger partial charge is 0.507 e. The van der Waals surface area contributed by atoms with E-state index in [0.29, 0.717) is 5.56 Å². The molecule has 1 fully saturated rings. The molecular weight excluding hydrogens is 387 g/mol. The summed E-state index contributed by atoms with van der Waals surface area (Å²) >= 11 is 4.32. The monoisotopic (exact) mass is 414 g/mol. The number of hydrogen-bond donors (Lipinski definition) is 7. The van der Waals surface area contributed by atoms with Gasteiger partial charge in [-0.3, -0.25) is 4.79 Å². The lowest BCUT2D eigenvalue weighted by molar-refractivity contribution is -0.142. The number of phenols is 1. The van der Waals surface area contributed by atoms with Crippen LogP contribution in [0.2, 0.25) is 6.32 Å². The van der Waals surface area contributed by atoms with Gasteiger partial charge in [0.05, 0.1) is 24.7 Å². The zero-order chi connectivity index (χ0) is 21.2. The Morgan fingerprint density at radius 2 is 2.00 bits per heavy atom. The molecule has 0 aliphatic carbocycles. The average Bonchev–Trinajstić information content (AvgIpc) is 2.54. The van der Waals surface area contributed by atoms with E-state index in [1.54, 1.807) is 13.8 Å². The number of benzene rings is 1. The second-order valence-corrected chi connectivity index (χ2v) is 8.65. The minimum absolute atomic E-state index is 0.0177. The normalized spacial score (nSPS) is 16.1. The number of nitrogens with two attached hydrogens (primary N) is 1. The summed E-state index contributed by atoms with van der Waals surface area (Å²) in [7, 11) is -1.54. The van der Waals surface area contributed by atoms with Gasteiger partial charge in [0.1, 0.15) is 17.6 Å². The van der Waals surface area contributed by atoms with Crippen LogP contribution in [0.1, 0.15) is 31.3 Å². The number of nitrogens with zero attached hydrogens (tertiary/aromatic N) is 1. The van der Waals surface area contributed by atoms with Gasteiger partial charge in [-0.25, -0.2) is 0 Å². The number of amides is 1. The fraction of sp³-hybridized carbons (Fsp3) is 0.588. The summed E-state index contributed by atoms with van der Waals surface area (Å²) < 4.78 is 5.05. The first-order valence-electron chi connectivity index (χ1n) is 8.92. The third-order valence-electron chi connectivity index (χ3n) is 4.67. The van der Waals surface area contributed by atoms with Crippen LogP contribution >= 0.6 is 12.6 Å². The van der Waals surface area contributed by atoms with Crippen LogP contribution in [-0.2, 0) is 11.2 Å². The number of aliphatic hydroxyl groups is 2. The van der Waals surface area contributed by atoms with Crippen molar-refractivity contribution in [3.8, 4) is 11.5 Å². The van der Waals surface area contributed by atoms with Crippen LogP contribution in [0, 0.1) is 0 Å². The number of carbonyl (C=O) groups is 1. The van der Waals surface area contributed by atoms with Crippen LogP contribution < -0.4 is 10.5 Å². The molecule has 0 saturated carbocycles. The molecule has 0 radical (unpaired) electrons. The molecule has 7 N–H and O–H groups in total. The van der Waals surface area contributed by atoms with E-state index in [0.717, 1.165) is 0 Å². The van der Waals surface area contributed by atoms with Crippen LogP contribution in [0.3, 0.4) is 0 Å². The van der Waals surface area contributed by atoms with Crippen molar-refractivity contribution in [3.63, 3.8) is 0 Å². The molecule has 0 aromatic heterocycles. The van der Waals surface area contributed by atoms with E-state index in [9.17, 15) is 20.1 Å². The molecule has 1 heterocycles. The average molecular weight is 414 g/mol. The molecule has 1 saturated heterocycles. The van der Waals surface area contributed by atoms with Gasteiger partial charge < -0.3 is 40.7 Å². The third-order valence-corrected chi connectivity index (χ3v) is 4.95. The molecule has 1 amide bonds. The summed E-state index contributed by atoms with van der Waals surface area (Å²) in [5.74, 6) is -0.543. The molecular formula is C17H27BN2O7S. The van der Waals surface area contributed by atoms with Crippen molar-refractivity contribution in [1.82, 2.24) is 4.90 Å². The molecule has 1 aliphatic rings. The topological polar surface area (TPSA) is 157 Å². The Morgan fingerprint density at radius 3 is 2.50 bits per heavy atom. The van der Waals surface area contributed by atoms with Crippen LogP contribution in [0.4, 0.5) is 0 Å². The highest BCUT2D eigenvalue weighted by atomic mass is 32.1. The lowest BCUT2D eigenvalue weighted by Crippen LogP contribution is -2.62. The molecule has 1 atom stereocenters. The minimum Gasteiger partial charge on any atom is -0.507 e. The van der Waals surface area contributed by atoms with Crippen molar-refractivity contribution in [2.45, 2.75) is 49.8 Å². The van der Waals surface area contributed by atoms with Gasteiger partial charge in [-0.05, 0) is 38.2 Å². The zero-order valence-corrected chi connectivity index (χ0v) is 16.7. The molecule has 1 aliphatic heterocycles. The molecule has 0 bridgehead atoms. The fourth-order valence-corrected chi connectivity index (χ4v) is 2.95. The van der Waals surface area contributed by atoms with Gasteiger partial charge in [0.25, 0.3) is 0 Å². The Labute approximate surface area is 169 Å². The number of phenolic OH excluding ortho intramolecular Hbond substituents is 1. The number of likely N-dealkylation sites (tertiary alicyclic amines) is 1. The van der Waals surface area contributed by atoms with Crippen molar-refractivity contribution in [3.05, 3.63) is 23.3 Å². The lowest BCUT2D eigenvalue weighted by atomic mass is 9.82. The quantitative estimate of drug-likeness (QED) is 0.163. The van der Waals surface area contributed by atoms with Gasteiger partial charge in [-0.2, -0.15) is 12.6 Å². The second-order valence-electron chi connectivity index (χ2n) is 7.49. The number of ether oxygens (including phenoxy) is 1. The fourth-order valence-electron chi connectivity index (χ4n) is 2.84. The van der Waals surface area contributed by atoms with Gasteiger partial charge >= 0.3 is 7.12 Å². The molecule has 1 aromatic carbocycles. The summed E-state index contributed by atoms with van der Waals surface area (Å²) in [6, 6.07) is 2.22. The van der Waals surface area contributed by atoms with Crippen LogP contribution in [0.5, 0.6) is 11.5 Å². The Balaban J connectivity index is 2.05. The third kappa shape index (κ3) is 5.31. The van der Waals surface area contributed by atoms with Crippen LogP contribution in [-0.4, -0.2) is 73.3 Å². The molecule has 1 aromatic rings. The van der Waals surface area contributed by atoms with E-state index < -0.39 is 24.2 Å². The Morgan fingerprint density at radius 1 is 1.39 bits per heavy atom. The lowest BCUT2D eigenvalue weighted by Gasteiger charge is -2.42. The van der Waals surface area contributed by atoms with Gasteiger partial charge in [-0.1, -0.05) is 6.07 Å². The van der Waals surface area contributed by atoms with Gasteiger partial charge in [0.15, 0.2) is 6.29 Å². The number of carbonyl (C=O) groups excluding carboxylic acids is 1. The molecule has 9 nitrogen and oxygen atoms in total. The van der Waals surface area contributed by atoms with Gasteiger partial charge in [-0.15, -0.1) is 0 Å². The van der Waals surface area contributed by atoms with E-state index in [2.05, 4.69) is 12.6 Å². The van der Waals surface area contributed by atoms with Crippen molar-refractivity contribution in [2.24, 2.45) is 5.73 Å². The summed E-state index contributed by atoms with van der Waals surface area (Å²) in [6.45, 7) is 4.05. The first kappa shape index (κ1) is 22.8. The van der Waals surface area contributed by atoms with Crippen LogP contribution in [0.25, 0.3) is 0 Å². The zero-order valence-electron chi connectivity index (χ0n) is 15.8. The Hall–Kier alpha value is -1.50. The standard InChI is InChI=1S/C17H27BN2O7S/c1-17(2,28)14(19)15(22)20-7-10(8-20)27-11-4-3-9(5-6-18(25)26)13(21)12(11)16(23)24/h3-4,10,14,16,21,23-26,28H,5-8,19H2,1-2H3/t14-/m0/s1. The van der Waals surface area contributed by atoms with Gasteiger partial charge in [0, 0.05) is 4.75 Å². The predicted molar refractivity (Wildman–Crippen MR) is 106 cm³/mol. The number of aromatic hydroxyl groups is 1. The first-order chi connectivity index (χ1) is 12.9. The summed E-state index contributed by atoms with van der Waals surface area (Å²) in [5.41, 5.74) is 6.03. The first-order valence-corrected chi connectivity index (χ1v) is 9.37. The van der Waals surface area contributed by atoms with E-state index in [4.69, 9.17) is 20.5 Å². The van der Waals surface area contributed by atoms with Crippen molar-refractivity contribution < 1.29 is 34.9 Å². The predicted octanol–water partition coefficient (Wildman–Crippen LogP) is -0.984. The molecule has 156 valence electrons. The maximum absolute atomic E-state index is 12.3. The Bertz CT molecular complexity index is 705. The van der Waals surface area contributed by atoms with Gasteiger partial charge in [0.2, 0.25) is 5.91 Å². The minimum atomic E-state index is -1.98. The highest BCUT2D eigenvalue weighted by Gasteiger charge is 2.39. The number of hydrogen-bond acceptors (Lipinski definition) is 9. The maximum atomic E-state index is 12.3. The van der Waals surface area contributed by atoms with Crippen LogP contribution in [0.15, 0.2) is 12.1 Å². The highest BCUT2D eigenvalue weighted by molar-refractivity contribution is 7.81. The summed E-state index contributed by atoms with van der Waals surface area (Å²) in [4.78, 5) is 13.8. The number of thiol groups is 1. The molecule has 0 unspecified atom stereocenters. The highest BCUT2D eigenvalue weighted by Crippen LogP contribution is 2.37. The van der Waals surface area contributed by atoms with E-state index in [-0.39, 0.29) is 54.9 Å².